The second-order valence-corrected chi connectivity index (χ2v) is 7.58. The third kappa shape index (κ3) is 3.86. The molecule has 1 aromatic rings. The zero-order valence-corrected chi connectivity index (χ0v) is 14.1. The van der Waals surface area contributed by atoms with E-state index in [4.69, 9.17) is 0 Å². The summed E-state index contributed by atoms with van der Waals surface area (Å²) >= 11 is 0. The molecule has 21 heavy (non-hydrogen) atoms. The minimum absolute atomic E-state index is 0.262. The Kier molecular flexibility index (Phi) is 4.74. The highest BCUT2D eigenvalue weighted by atomic mass is 16.2. The fourth-order valence-electron chi connectivity index (χ4n) is 3.05. The summed E-state index contributed by atoms with van der Waals surface area (Å²) < 4.78 is 2.29. The molecule has 0 radical (unpaired) electrons. The molecule has 0 bridgehead atoms. The number of carbonyl (C=O) groups excluding carboxylic acids is 1. The quantitative estimate of drug-likeness (QED) is 0.857. The molecule has 0 aromatic carbocycles. The summed E-state index contributed by atoms with van der Waals surface area (Å²) in [6.45, 7) is 13.2. The number of hydrogen-bond acceptors (Lipinski definition) is 2. The van der Waals surface area contributed by atoms with E-state index in [-0.39, 0.29) is 11.3 Å². The first-order chi connectivity index (χ1) is 9.79. The van der Waals surface area contributed by atoms with Gasteiger partial charge < -0.3 is 9.47 Å². The van der Waals surface area contributed by atoms with Crippen molar-refractivity contribution in [1.82, 2.24) is 14.5 Å². The molecule has 0 saturated carbocycles. The van der Waals surface area contributed by atoms with E-state index < -0.39 is 0 Å². The maximum atomic E-state index is 12.3. The molecule has 1 saturated heterocycles. The molecular formula is C17H29N3O. The lowest BCUT2D eigenvalue weighted by atomic mass is 9.91. The van der Waals surface area contributed by atoms with Crippen LogP contribution < -0.4 is 0 Å². The van der Waals surface area contributed by atoms with E-state index >= 15 is 0 Å². The molecule has 1 aliphatic rings. The molecule has 2 rings (SSSR count). The lowest BCUT2D eigenvalue weighted by Gasteiger charge is -2.36. The van der Waals surface area contributed by atoms with E-state index in [1.807, 2.05) is 31.9 Å². The minimum atomic E-state index is -0.262. The van der Waals surface area contributed by atoms with Crippen LogP contribution in [-0.4, -0.2) is 33.4 Å². The Bertz CT molecular complexity index is 476. The first-order valence-electron chi connectivity index (χ1n) is 8.09. The third-order valence-corrected chi connectivity index (χ3v) is 4.26. The van der Waals surface area contributed by atoms with Crippen LogP contribution in [0.1, 0.15) is 59.2 Å². The molecule has 0 aliphatic carbocycles. The van der Waals surface area contributed by atoms with Crippen molar-refractivity contribution in [2.45, 2.75) is 59.9 Å². The van der Waals surface area contributed by atoms with Gasteiger partial charge in [0, 0.05) is 43.4 Å². The summed E-state index contributed by atoms with van der Waals surface area (Å²) in [6.07, 6.45) is 6.17. The summed E-state index contributed by atoms with van der Waals surface area (Å²) in [7, 11) is 0. The molecule has 0 N–H and O–H groups in total. The molecule has 1 aromatic heterocycles. The van der Waals surface area contributed by atoms with Crippen molar-refractivity contribution in [1.29, 1.82) is 0 Å². The number of amides is 1. The topological polar surface area (TPSA) is 38.1 Å². The Morgan fingerprint density at radius 3 is 2.48 bits per heavy atom. The van der Waals surface area contributed by atoms with Crippen molar-refractivity contribution in [2.24, 2.45) is 11.3 Å². The third-order valence-electron chi connectivity index (χ3n) is 4.26. The highest BCUT2D eigenvalue weighted by molar-refractivity contribution is 5.81. The van der Waals surface area contributed by atoms with Gasteiger partial charge in [-0.1, -0.05) is 34.6 Å². The minimum Gasteiger partial charge on any atom is -0.342 e. The number of carbonyl (C=O) groups is 1. The maximum Gasteiger partial charge on any atom is 0.227 e. The normalized spacial score (nSPS) is 17.5. The molecule has 1 aliphatic heterocycles. The van der Waals surface area contributed by atoms with Gasteiger partial charge in [0.25, 0.3) is 0 Å². The number of hydrogen-bond donors (Lipinski definition) is 0. The molecule has 1 fully saturated rings. The second kappa shape index (κ2) is 6.20. The van der Waals surface area contributed by atoms with Crippen LogP contribution in [0.4, 0.5) is 0 Å². The van der Waals surface area contributed by atoms with Crippen LogP contribution in [0.2, 0.25) is 0 Å². The van der Waals surface area contributed by atoms with Gasteiger partial charge in [-0.15, -0.1) is 0 Å². The predicted octanol–water partition coefficient (Wildman–Crippen LogP) is 3.29. The van der Waals surface area contributed by atoms with Crippen molar-refractivity contribution >= 4 is 5.91 Å². The Morgan fingerprint density at radius 2 is 1.95 bits per heavy atom. The SMILES string of the molecule is CC(C)c1nccn1CC1CCN(C(=O)C(C)(C)C)CC1. The van der Waals surface area contributed by atoms with Gasteiger partial charge in [-0.2, -0.15) is 0 Å². The van der Waals surface area contributed by atoms with E-state index in [2.05, 4.69) is 29.6 Å². The molecular weight excluding hydrogens is 262 g/mol. The standard InChI is InChI=1S/C17H29N3O/c1-13(2)15-18-8-11-20(15)12-14-6-9-19(10-7-14)16(21)17(3,4)5/h8,11,13-14H,6-7,9-10,12H2,1-5H3. The Morgan fingerprint density at radius 1 is 1.33 bits per heavy atom. The van der Waals surface area contributed by atoms with Crippen LogP contribution in [0.5, 0.6) is 0 Å². The lowest BCUT2D eigenvalue weighted by Crippen LogP contribution is -2.44. The molecule has 4 heteroatoms. The maximum absolute atomic E-state index is 12.3. The molecule has 0 spiro atoms. The molecule has 0 unspecified atom stereocenters. The van der Waals surface area contributed by atoms with Crippen LogP contribution in [0.25, 0.3) is 0 Å². The number of rotatable bonds is 3. The van der Waals surface area contributed by atoms with Gasteiger partial charge in [0.15, 0.2) is 0 Å². The van der Waals surface area contributed by atoms with Gasteiger partial charge in [0.2, 0.25) is 5.91 Å². The monoisotopic (exact) mass is 291 g/mol. The first-order valence-corrected chi connectivity index (χ1v) is 8.09. The average Bonchev–Trinajstić information content (AvgIpc) is 2.86. The van der Waals surface area contributed by atoms with E-state index in [9.17, 15) is 4.79 Å². The van der Waals surface area contributed by atoms with Gasteiger partial charge in [-0.05, 0) is 18.8 Å². The average molecular weight is 291 g/mol. The summed E-state index contributed by atoms with van der Waals surface area (Å²) in [5.41, 5.74) is -0.262. The fraction of sp³-hybridized carbons (Fsp3) is 0.765. The number of piperidine rings is 1. The highest BCUT2D eigenvalue weighted by Crippen LogP contribution is 2.25. The van der Waals surface area contributed by atoms with Crippen molar-refractivity contribution in [3.63, 3.8) is 0 Å². The van der Waals surface area contributed by atoms with Gasteiger partial charge in [-0.25, -0.2) is 4.98 Å². The zero-order valence-electron chi connectivity index (χ0n) is 14.1. The number of aromatic nitrogens is 2. The van der Waals surface area contributed by atoms with Gasteiger partial charge in [0.1, 0.15) is 5.82 Å². The van der Waals surface area contributed by atoms with E-state index in [1.54, 1.807) is 0 Å². The molecule has 2 heterocycles. The largest absolute Gasteiger partial charge is 0.342 e. The van der Waals surface area contributed by atoms with E-state index in [0.717, 1.165) is 32.5 Å². The molecule has 4 nitrogen and oxygen atoms in total. The van der Waals surface area contributed by atoms with Crippen molar-refractivity contribution in [3.05, 3.63) is 18.2 Å². The number of nitrogens with zero attached hydrogens (tertiary/aromatic N) is 3. The Hall–Kier alpha value is -1.32. The molecule has 1 amide bonds. The molecule has 118 valence electrons. The summed E-state index contributed by atoms with van der Waals surface area (Å²) in [5, 5.41) is 0. The van der Waals surface area contributed by atoms with E-state index in [0.29, 0.717) is 11.8 Å². The lowest BCUT2D eigenvalue weighted by molar-refractivity contribution is -0.140. The van der Waals surface area contributed by atoms with Gasteiger partial charge in [-0.3, -0.25) is 4.79 Å². The molecule has 0 atom stereocenters. The van der Waals surface area contributed by atoms with Gasteiger partial charge in [0.05, 0.1) is 0 Å². The van der Waals surface area contributed by atoms with E-state index in [1.165, 1.54) is 5.82 Å². The Balaban J connectivity index is 1.90. The van der Waals surface area contributed by atoms with Crippen LogP contribution >= 0.6 is 0 Å². The summed E-state index contributed by atoms with van der Waals surface area (Å²) in [6, 6.07) is 0. The van der Waals surface area contributed by atoms with Crippen LogP contribution in [0, 0.1) is 11.3 Å². The number of imidazole rings is 1. The van der Waals surface area contributed by atoms with Crippen molar-refractivity contribution in [3.8, 4) is 0 Å². The predicted molar refractivity (Wildman–Crippen MR) is 85.1 cm³/mol. The van der Waals surface area contributed by atoms with Crippen LogP contribution in [-0.2, 0) is 11.3 Å². The number of likely N-dealkylation sites (tertiary alicyclic amines) is 1. The smallest absolute Gasteiger partial charge is 0.227 e. The first kappa shape index (κ1) is 16.1. The second-order valence-electron chi connectivity index (χ2n) is 7.58. The highest BCUT2D eigenvalue weighted by Gasteiger charge is 2.30. The van der Waals surface area contributed by atoms with Crippen LogP contribution in [0.15, 0.2) is 12.4 Å². The summed E-state index contributed by atoms with van der Waals surface area (Å²) in [5.74, 6) is 2.57. The van der Waals surface area contributed by atoms with Gasteiger partial charge >= 0.3 is 0 Å². The van der Waals surface area contributed by atoms with Crippen molar-refractivity contribution in [2.75, 3.05) is 13.1 Å². The zero-order chi connectivity index (χ0) is 15.6. The Labute approximate surface area is 128 Å². The summed E-state index contributed by atoms with van der Waals surface area (Å²) in [4.78, 5) is 18.8. The fourth-order valence-corrected chi connectivity index (χ4v) is 3.05. The van der Waals surface area contributed by atoms with Crippen molar-refractivity contribution < 1.29 is 4.79 Å². The van der Waals surface area contributed by atoms with Crippen LogP contribution in [0.3, 0.4) is 0 Å².